The van der Waals surface area contributed by atoms with Gasteiger partial charge < -0.3 is 21.1 Å². The minimum Gasteiger partial charge on any atom is -0.444 e. The Morgan fingerprint density at radius 3 is 2.26 bits per heavy atom. The molecule has 0 aliphatic carbocycles. The molecule has 1 amide bonds. The van der Waals surface area contributed by atoms with Crippen molar-refractivity contribution in [1.82, 2.24) is 10.6 Å². The second-order valence-electron chi connectivity index (χ2n) is 6.42. The zero-order valence-corrected chi connectivity index (χ0v) is 13.0. The van der Waals surface area contributed by atoms with Gasteiger partial charge in [0.25, 0.3) is 0 Å². The molecule has 0 radical (unpaired) electrons. The average molecular weight is 272 g/mol. The number of rotatable bonds is 4. The summed E-state index contributed by atoms with van der Waals surface area (Å²) in [6, 6.07) is 0. The summed E-state index contributed by atoms with van der Waals surface area (Å²) in [7, 11) is 0. The fourth-order valence-electron chi connectivity index (χ4n) is 1.21. The number of nitrogens with one attached hydrogen (secondary N) is 2. The summed E-state index contributed by atoms with van der Waals surface area (Å²) in [6.45, 7) is 12.6. The van der Waals surface area contributed by atoms with Gasteiger partial charge in [-0.2, -0.15) is 0 Å². The molecule has 0 aromatic rings. The summed E-state index contributed by atoms with van der Waals surface area (Å²) >= 11 is 0. The first-order valence-corrected chi connectivity index (χ1v) is 6.54. The fraction of sp³-hybridized carbons (Fsp3) is 0.846. The molecule has 6 heteroatoms. The lowest BCUT2D eigenvalue weighted by Crippen LogP contribution is -2.45. The number of hydrogen-bond donors (Lipinski definition) is 3. The van der Waals surface area contributed by atoms with Crippen LogP contribution in [0.5, 0.6) is 0 Å². The Labute approximate surface area is 116 Å². The van der Waals surface area contributed by atoms with Crippen LogP contribution < -0.4 is 16.4 Å². The third kappa shape index (κ3) is 12.8. The molecule has 112 valence electrons. The normalized spacial score (nSPS) is 13.1. The number of carbonyl (C=O) groups excluding carboxylic acids is 1. The van der Waals surface area contributed by atoms with E-state index in [1.807, 2.05) is 41.5 Å². The molecule has 0 aromatic heterocycles. The quantitative estimate of drug-likeness (QED) is 0.412. The van der Waals surface area contributed by atoms with Crippen LogP contribution in [-0.2, 0) is 4.74 Å². The van der Waals surface area contributed by atoms with Gasteiger partial charge in [0, 0.05) is 18.6 Å². The van der Waals surface area contributed by atoms with E-state index in [9.17, 15) is 4.79 Å². The van der Waals surface area contributed by atoms with Gasteiger partial charge in [0.1, 0.15) is 5.60 Å². The number of nitrogens with zero attached hydrogens (tertiary/aromatic N) is 1. The van der Waals surface area contributed by atoms with Gasteiger partial charge in [0.05, 0.1) is 0 Å². The zero-order valence-electron chi connectivity index (χ0n) is 13.0. The Morgan fingerprint density at radius 2 is 1.79 bits per heavy atom. The van der Waals surface area contributed by atoms with Gasteiger partial charge in [0.2, 0.25) is 0 Å². The Bertz CT molecular complexity index is 314. The van der Waals surface area contributed by atoms with Crippen LogP contribution in [-0.4, -0.2) is 36.3 Å². The van der Waals surface area contributed by atoms with Crippen LogP contribution in [0.15, 0.2) is 4.99 Å². The molecule has 0 fully saturated rings. The van der Waals surface area contributed by atoms with Crippen LogP contribution in [0.25, 0.3) is 0 Å². The number of hydrogen-bond acceptors (Lipinski definition) is 3. The van der Waals surface area contributed by atoms with E-state index >= 15 is 0 Å². The van der Waals surface area contributed by atoms with Crippen LogP contribution in [0.2, 0.25) is 0 Å². The highest BCUT2D eigenvalue weighted by molar-refractivity contribution is 5.78. The highest BCUT2D eigenvalue weighted by atomic mass is 16.6. The van der Waals surface area contributed by atoms with Crippen molar-refractivity contribution in [3.8, 4) is 0 Å². The second kappa shape index (κ2) is 7.21. The maximum Gasteiger partial charge on any atom is 0.407 e. The fourth-order valence-corrected chi connectivity index (χ4v) is 1.21. The van der Waals surface area contributed by atoms with E-state index in [1.165, 1.54) is 0 Å². The molecule has 0 aromatic carbocycles. The number of aliphatic imine (C=N–C) groups is 1. The van der Waals surface area contributed by atoms with Gasteiger partial charge in [-0.3, -0.25) is 4.99 Å². The summed E-state index contributed by atoms with van der Waals surface area (Å²) in [5.74, 6) is 0.421. The molecule has 0 rings (SSSR count). The molecule has 0 atom stereocenters. The molecule has 0 bridgehead atoms. The van der Waals surface area contributed by atoms with Crippen molar-refractivity contribution in [3.63, 3.8) is 0 Å². The third-order valence-electron chi connectivity index (χ3n) is 1.79. The Morgan fingerprint density at radius 1 is 1.21 bits per heavy atom. The first-order valence-electron chi connectivity index (χ1n) is 6.54. The highest BCUT2D eigenvalue weighted by Crippen LogP contribution is 2.06. The zero-order chi connectivity index (χ0) is 15.1. The van der Waals surface area contributed by atoms with Gasteiger partial charge in [0.15, 0.2) is 5.96 Å². The van der Waals surface area contributed by atoms with Crippen molar-refractivity contribution in [1.29, 1.82) is 0 Å². The molecule has 0 aliphatic heterocycles. The summed E-state index contributed by atoms with van der Waals surface area (Å²) in [5, 5.41) is 5.74. The van der Waals surface area contributed by atoms with Crippen molar-refractivity contribution in [2.45, 2.75) is 59.1 Å². The van der Waals surface area contributed by atoms with E-state index in [1.54, 1.807) is 0 Å². The SMILES string of the molecule is CC(C)(C)NC(N)=NCCCNC(=O)OC(C)(C)C. The monoisotopic (exact) mass is 272 g/mol. The van der Waals surface area contributed by atoms with E-state index in [-0.39, 0.29) is 5.54 Å². The summed E-state index contributed by atoms with van der Waals surface area (Å²) in [5.41, 5.74) is 5.15. The highest BCUT2D eigenvalue weighted by Gasteiger charge is 2.15. The van der Waals surface area contributed by atoms with Gasteiger partial charge in [-0.05, 0) is 48.0 Å². The van der Waals surface area contributed by atoms with Crippen molar-refractivity contribution in [3.05, 3.63) is 0 Å². The van der Waals surface area contributed by atoms with E-state index in [0.717, 1.165) is 0 Å². The van der Waals surface area contributed by atoms with Crippen molar-refractivity contribution in [2.24, 2.45) is 10.7 Å². The number of amides is 1. The van der Waals surface area contributed by atoms with Crippen molar-refractivity contribution >= 4 is 12.1 Å². The van der Waals surface area contributed by atoms with Crippen LogP contribution in [0.1, 0.15) is 48.0 Å². The Balaban J connectivity index is 3.76. The third-order valence-corrected chi connectivity index (χ3v) is 1.79. The van der Waals surface area contributed by atoms with E-state index in [4.69, 9.17) is 10.5 Å². The summed E-state index contributed by atoms with van der Waals surface area (Å²) < 4.78 is 5.11. The topological polar surface area (TPSA) is 88.7 Å². The molecule has 0 unspecified atom stereocenters. The molecule has 0 spiro atoms. The molecule has 6 nitrogen and oxygen atoms in total. The molecule has 4 N–H and O–H groups in total. The van der Waals surface area contributed by atoms with Crippen LogP contribution in [0.4, 0.5) is 4.79 Å². The van der Waals surface area contributed by atoms with Crippen LogP contribution in [0.3, 0.4) is 0 Å². The maximum absolute atomic E-state index is 11.3. The number of nitrogens with two attached hydrogens (primary N) is 1. The minimum atomic E-state index is -0.469. The smallest absolute Gasteiger partial charge is 0.407 e. The number of alkyl carbamates (subject to hydrolysis) is 1. The first-order chi connectivity index (χ1) is 8.49. The van der Waals surface area contributed by atoms with Gasteiger partial charge in [-0.15, -0.1) is 0 Å². The first kappa shape index (κ1) is 17.5. The number of guanidine groups is 1. The molecular weight excluding hydrogens is 244 g/mol. The van der Waals surface area contributed by atoms with Crippen LogP contribution >= 0.6 is 0 Å². The van der Waals surface area contributed by atoms with Gasteiger partial charge in [-0.1, -0.05) is 0 Å². The van der Waals surface area contributed by atoms with Gasteiger partial charge in [-0.25, -0.2) is 4.79 Å². The molecule has 19 heavy (non-hydrogen) atoms. The maximum atomic E-state index is 11.3. The Hall–Kier alpha value is -1.46. The lowest BCUT2D eigenvalue weighted by Gasteiger charge is -2.21. The number of ether oxygens (including phenoxy) is 1. The summed E-state index contributed by atoms with van der Waals surface area (Å²) in [6.07, 6.45) is 0.309. The molecule has 0 saturated carbocycles. The van der Waals surface area contributed by atoms with Crippen LogP contribution in [0, 0.1) is 0 Å². The molecule has 0 saturated heterocycles. The summed E-state index contributed by atoms with van der Waals surface area (Å²) in [4.78, 5) is 15.5. The lowest BCUT2D eigenvalue weighted by atomic mass is 10.1. The van der Waals surface area contributed by atoms with E-state index < -0.39 is 11.7 Å². The second-order valence-corrected chi connectivity index (χ2v) is 6.42. The molecular formula is C13H28N4O2. The lowest BCUT2D eigenvalue weighted by molar-refractivity contribution is 0.0527. The molecule has 0 heterocycles. The van der Waals surface area contributed by atoms with Crippen molar-refractivity contribution in [2.75, 3.05) is 13.1 Å². The Kier molecular flexibility index (Phi) is 6.65. The predicted molar refractivity (Wildman–Crippen MR) is 78.2 cm³/mol. The molecule has 0 aliphatic rings. The van der Waals surface area contributed by atoms with E-state index in [0.29, 0.717) is 25.5 Å². The number of carbonyl (C=O) groups is 1. The van der Waals surface area contributed by atoms with Gasteiger partial charge >= 0.3 is 6.09 Å². The van der Waals surface area contributed by atoms with Crippen molar-refractivity contribution < 1.29 is 9.53 Å². The predicted octanol–water partition coefficient (Wildman–Crippen LogP) is 1.60. The largest absolute Gasteiger partial charge is 0.444 e. The average Bonchev–Trinajstić information content (AvgIpc) is 2.10. The standard InChI is InChI=1S/C13H28N4O2/c1-12(2,3)17-10(14)15-8-7-9-16-11(18)19-13(4,5)6/h7-9H2,1-6H3,(H,16,18)(H3,14,15,17). The minimum absolute atomic E-state index is 0.0949. The van der Waals surface area contributed by atoms with E-state index in [2.05, 4.69) is 15.6 Å².